The van der Waals surface area contributed by atoms with E-state index in [1.807, 2.05) is 0 Å². The van der Waals surface area contributed by atoms with Gasteiger partial charge in [0.25, 0.3) is 5.69 Å². The summed E-state index contributed by atoms with van der Waals surface area (Å²) in [6.07, 6.45) is 4.09. The number of halogens is 1. The Kier molecular flexibility index (Phi) is 2.47. The van der Waals surface area contributed by atoms with E-state index in [4.69, 9.17) is 5.73 Å². The predicted molar refractivity (Wildman–Crippen MR) is 58.3 cm³/mol. The topological polar surface area (TPSA) is 82.0 Å². The molecule has 5 nitrogen and oxygen atoms in total. The first kappa shape index (κ1) is 10.5. The third kappa shape index (κ3) is 1.74. The standard InChI is InChI=1S/C9H10BrN3O2/c10-6-4-7(13(14)15)8(12-5-6)9(11)2-1-3-9/h4-5H,1-3,11H2. The quantitative estimate of drug-likeness (QED) is 0.660. The summed E-state index contributed by atoms with van der Waals surface area (Å²) in [5, 5.41) is 10.8. The van der Waals surface area contributed by atoms with Gasteiger partial charge in [-0.3, -0.25) is 15.1 Å². The van der Waals surface area contributed by atoms with E-state index >= 15 is 0 Å². The summed E-state index contributed by atoms with van der Waals surface area (Å²) in [5.41, 5.74) is 5.85. The molecule has 0 aromatic carbocycles. The lowest BCUT2D eigenvalue weighted by Gasteiger charge is -2.36. The number of aromatic nitrogens is 1. The average molecular weight is 272 g/mol. The van der Waals surface area contributed by atoms with Crippen LogP contribution in [0.2, 0.25) is 0 Å². The van der Waals surface area contributed by atoms with Crippen LogP contribution in [0.4, 0.5) is 5.69 Å². The summed E-state index contributed by atoms with van der Waals surface area (Å²) in [7, 11) is 0. The lowest BCUT2D eigenvalue weighted by atomic mass is 9.74. The van der Waals surface area contributed by atoms with E-state index in [1.165, 1.54) is 6.07 Å². The summed E-state index contributed by atoms with van der Waals surface area (Å²) in [5.74, 6) is 0. The first-order valence-corrected chi connectivity index (χ1v) is 5.41. The van der Waals surface area contributed by atoms with Crippen LogP contribution >= 0.6 is 15.9 Å². The van der Waals surface area contributed by atoms with Gasteiger partial charge in [-0.2, -0.15) is 0 Å². The molecule has 0 spiro atoms. The molecule has 2 N–H and O–H groups in total. The third-order valence-electron chi connectivity index (χ3n) is 2.75. The predicted octanol–water partition coefficient (Wildman–Crippen LogP) is 2.09. The number of hydrogen-bond acceptors (Lipinski definition) is 4. The van der Waals surface area contributed by atoms with Crippen LogP contribution in [0.3, 0.4) is 0 Å². The van der Waals surface area contributed by atoms with E-state index in [-0.39, 0.29) is 5.69 Å². The van der Waals surface area contributed by atoms with Crippen molar-refractivity contribution in [3.8, 4) is 0 Å². The molecule has 0 amide bonds. The molecule has 1 heterocycles. The highest BCUT2D eigenvalue weighted by molar-refractivity contribution is 9.10. The second kappa shape index (κ2) is 3.53. The molecule has 80 valence electrons. The van der Waals surface area contributed by atoms with E-state index in [1.54, 1.807) is 6.20 Å². The van der Waals surface area contributed by atoms with Crippen LogP contribution in [0, 0.1) is 10.1 Å². The Morgan fingerprint density at radius 3 is 2.73 bits per heavy atom. The Morgan fingerprint density at radius 2 is 2.27 bits per heavy atom. The Morgan fingerprint density at radius 1 is 1.60 bits per heavy atom. The molecule has 0 saturated heterocycles. The summed E-state index contributed by atoms with van der Waals surface area (Å²) < 4.78 is 0.598. The summed E-state index contributed by atoms with van der Waals surface area (Å²) in [6.45, 7) is 0. The molecule has 0 bridgehead atoms. The molecule has 0 unspecified atom stereocenters. The van der Waals surface area contributed by atoms with Crippen LogP contribution in [0.1, 0.15) is 25.0 Å². The molecule has 1 aliphatic carbocycles. The van der Waals surface area contributed by atoms with Gasteiger partial charge in [0, 0.05) is 16.7 Å². The molecule has 0 aliphatic heterocycles. The SMILES string of the molecule is NC1(c2ncc(Br)cc2[N+](=O)[O-])CCC1. The van der Waals surface area contributed by atoms with Crippen molar-refractivity contribution in [1.82, 2.24) is 4.98 Å². The number of nitro groups is 1. The van der Waals surface area contributed by atoms with Crippen LogP contribution in [0.15, 0.2) is 16.7 Å². The van der Waals surface area contributed by atoms with Crippen molar-refractivity contribution in [3.05, 3.63) is 32.5 Å². The highest BCUT2D eigenvalue weighted by Crippen LogP contribution is 2.41. The number of nitrogens with zero attached hydrogens (tertiary/aromatic N) is 2. The first-order chi connectivity index (χ1) is 7.03. The molecule has 1 fully saturated rings. The van der Waals surface area contributed by atoms with Crippen molar-refractivity contribution in [1.29, 1.82) is 0 Å². The largest absolute Gasteiger partial charge is 0.320 e. The fraction of sp³-hybridized carbons (Fsp3) is 0.444. The lowest BCUT2D eigenvalue weighted by molar-refractivity contribution is -0.386. The van der Waals surface area contributed by atoms with Crippen LogP contribution in [0.5, 0.6) is 0 Å². The van der Waals surface area contributed by atoms with E-state index < -0.39 is 10.5 Å². The second-order valence-electron chi connectivity index (χ2n) is 3.79. The molecule has 15 heavy (non-hydrogen) atoms. The first-order valence-electron chi connectivity index (χ1n) is 4.62. The van der Waals surface area contributed by atoms with E-state index in [0.29, 0.717) is 10.2 Å². The van der Waals surface area contributed by atoms with Crippen molar-refractivity contribution in [2.75, 3.05) is 0 Å². The number of rotatable bonds is 2. The summed E-state index contributed by atoms with van der Waals surface area (Å²) >= 11 is 3.16. The van der Waals surface area contributed by atoms with Gasteiger partial charge in [0.05, 0.1) is 10.5 Å². The van der Waals surface area contributed by atoms with Crippen molar-refractivity contribution < 1.29 is 4.92 Å². The maximum atomic E-state index is 10.8. The number of pyridine rings is 1. The number of hydrogen-bond donors (Lipinski definition) is 1. The van der Waals surface area contributed by atoms with Gasteiger partial charge in [0.1, 0.15) is 5.69 Å². The van der Waals surface area contributed by atoms with Gasteiger partial charge in [-0.25, -0.2) is 0 Å². The Bertz CT molecular complexity index is 418. The highest BCUT2D eigenvalue weighted by atomic mass is 79.9. The molecular formula is C9H10BrN3O2. The molecule has 1 aromatic rings. The number of nitrogens with two attached hydrogens (primary N) is 1. The van der Waals surface area contributed by atoms with Gasteiger partial charge in [0.2, 0.25) is 0 Å². The van der Waals surface area contributed by atoms with Gasteiger partial charge in [-0.1, -0.05) is 0 Å². The van der Waals surface area contributed by atoms with Crippen LogP contribution in [-0.4, -0.2) is 9.91 Å². The third-order valence-corrected chi connectivity index (χ3v) is 3.18. The molecule has 1 saturated carbocycles. The maximum Gasteiger partial charge on any atom is 0.293 e. The minimum absolute atomic E-state index is 0.00609. The summed E-state index contributed by atoms with van der Waals surface area (Å²) in [6, 6.07) is 1.45. The van der Waals surface area contributed by atoms with Gasteiger partial charge in [-0.15, -0.1) is 0 Å². The summed E-state index contributed by atoms with van der Waals surface area (Å²) in [4.78, 5) is 14.5. The van der Waals surface area contributed by atoms with Gasteiger partial charge >= 0.3 is 0 Å². The average Bonchev–Trinajstić information content (AvgIpc) is 2.14. The van der Waals surface area contributed by atoms with Crippen molar-refractivity contribution in [2.45, 2.75) is 24.8 Å². The van der Waals surface area contributed by atoms with Gasteiger partial charge < -0.3 is 5.73 Å². The molecule has 1 aromatic heterocycles. The van der Waals surface area contributed by atoms with Crippen molar-refractivity contribution >= 4 is 21.6 Å². The molecule has 2 rings (SSSR count). The van der Waals surface area contributed by atoms with E-state index in [0.717, 1.165) is 19.3 Å². The lowest BCUT2D eigenvalue weighted by Crippen LogP contribution is -2.44. The zero-order chi connectivity index (χ0) is 11.1. The fourth-order valence-electron chi connectivity index (χ4n) is 1.75. The zero-order valence-electron chi connectivity index (χ0n) is 7.94. The molecular weight excluding hydrogens is 262 g/mol. The van der Waals surface area contributed by atoms with Crippen molar-refractivity contribution in [3.63, 3.8) is 0 Å². The van der Waals surface area contributed by atoms with Crippen LogP contribution in [-0.2, 0) is 5.54 Å². The Labute approximate surface area is 95.0 Å². The normalized spacial score (nSPS) is 18.3. The minimum atomic E-state index is -0.594. The molecule has 1 aliphatic rings. The Balaban J connectivity index is 2.50. The van der Waals surface area contributed by atoms with Crippen molar-refractivity contribution in [2.24, 2.45) is 5.73 Å². The smallest absolute Gasteiger partial charge is 0.293 e. The zero-order valence-corrected chi connectivity index (χ0v) is 9.53. The van der Waals surface area contributed by atoms with Gasteiger partial charge in [0.15, 0.2) is 0 Å². The van der Waals surface area contributed by atoms with Crippen LogP contribution in [0.25, 0.3) is 0 Å². The monoisotopic (exact) mass is 271 g/mol. The molecule has 0 radical (unpaired) electrons. The van der Waals surface area contributed by atoms with Gasteiger partial charge in [-0.05, 0) is 35.2 Å². The van der Waals surface area contributed by atoms with E-state index in [2.05, 4.69) is 20.9 Å². The Hall–Kier alpha value is -1.01. The molecule has 0 atom stereocenters. The molecule has 6 heteroatoms. The minimum Gasteiger partial charge on any atom is -0.320 e. The highest BCUT2D eigenvalue weighted by Gasteiger charge is 2.40. The fourth-order valence-corrected chi connectivity index (χ4v) is 2.07. The second-order valence-corrected chi connectivity index (χ2v) is 4.70. The maximum absolute atomic E-state index is 10.8. The van der Waals surface area contributed by atoms with Crippen LogP contribution < -0.4 is 5.73 Å². The van der Waals surface area contributed by atoms with E-state index in [9.17, 15) is 10.1 Å².